The van der Waals surface area contributed by atoms with Crippen molar-refractivity contribution in [3.63, 3.8) is 0 Å². The molecule has 0 radical (unpaired) electrons. The fourth-order valence-corrected chi connectivity index (χ4v) is 3.22. The van der Waals surface area contributed by atoms with Crippen molar-refractivity contribution in [2.24, 2.45) is 5.92 Å². The van der Waals surface area contributed by atoms with Crippen LogP contribution in [0.3, 0.4) is 0 Å². The number of pyridine rings is 2. The van der Waals surface area contributed by atoms with E-state index in [1.807, 2.05) is 25.4 Å². The summed E-state index contributed by atoms with van der Waals surface area (Å²) in [6, 6.07) is 6.27. The first kappa shape index (κ1) is 18.4. The maximum Gasteiger partial charge on any atom is 0.0961 e. The Morgan fingerprint density at radius 2 is 1.88 bits per heavy atom. The normalized spacial score (nSPS) is 12.7. The lowest BCUT2D eigenvalue weighted by molar-refractivity contribution is 0.448. The summed E-state index contributed by atoms with van der Waals surface area (Å²) < 4.78 is 0. The molecule has 2 rings (SSSR count). The zero-order chi connectivity index (χ0) is 17.4. The average Bonchev–Trinajstić information content (AvgIpc) is 2.61. The van der Waals surface area contributed by atoms with Gasteiger partial charge >= 0.3 is 0 Å². The van der Waals surface area contributed by atoms with E-state index < -0.39 is 0 Å². The van der Waals surface area contributed by atoms with Gasteiger partial charge in [0.2, 0.25) is 0 Å². The Kier molecular flexibility index (Phi) is 7.17. The predicted octanol–water partition coefficient (Wildman–Crippen LogP) is 6.24. The Balaban J connectivity index is 2.34. The van der Waals surface area contributed by atoms with Crippen LogP contribution < -0.4 is 0 Å². The topological polar surface area (TPSA) is 25.8 Å². The first-order valence-corrected chi connectivity index (χ1v) is 9.23. The molecule has 2 heterocycles. The van der Waals surface area contributed by atoms with Crippen LogP contribution in [0.4, 0.5) is 0 Å². The molecule has 128 valence electrons. The van der Waals surface area contributed by atoms with Gasteiger partial charge in [-0.2, -0.15) is 0 Å². The monoisotopic (exact) mass is 322 g/mol. The van der Waals surface area contributed by atoms with E-state index in [1.165, 1.54) is 36.8 Å². The molecule has 0 saturated heterocycles. The van der Waals surface area contributed by atoms with Crippen LogP contribution >= 0.6 is 0 Å². The van der Waals surface area contributed by atoms with Crippen molar-refractivity contribution in [2.75, 3.05) is 0 Å². The minimum absolute atomic E-state index is 0.762. The van der Waals surface area contributed by atoms with Gasteiger partial charge in [-0.1, -0.05) is 57.7 Å². The van der Waals surface area contributed by atoms with E-state index in [2.05, 4.69) is 55.0 Å². The van der Waals surface area contributed by atoms with E-state index in [0.717, 1.165) is 29.3 Å². The molecule has 2 aromatic heterocycles. The van der Waals surface area contributed by atoms with E-state index in [9.17, 15) is 0 Å². The molecule has 0 fully saturated rings. The molecule has 1 unspecified atom stereocenters. The number of hydrogen-bond donors (Lipinski definition) is 0. The van der Waals surface area contributed by atoms with Crippen molar-refractivity contribution in [2.45, 2.75) is 59.8 Å². The molecule has 0 aliphatic carbocycles. The SMILES string of the molecule is C/C=C/c1cccnc1-c1nccc(CC(CC)CCCC)c1C. The van der Waals surface area contributed by atoms with Crippen LogP contribution in [0.2, 0.25) is 0 Å². The van der Waals surface area contributed by atoms with Crippen LogP contribution in [0.25, 0.3) is 17.5 Å². The molecular formula is C22H30N2. The molecule has 0 bridgehead atoms. The highest BCUT2D eigenvalue weighted by molar-refractivity contribution is 5.71. The summed E-state index contributed by atoms with van der Waals surface area (Å²) >= 11 is 0. The molecule has 0 N–H and O–H groups in total. The lowest BCUT2D eigenvalue weighted by atomic mass is 9.89. The third-order valence-electron chi connectivity index (χ3n) is 4.78. The number of nitrogens with zero attached hydrogens (tertiary/aromatic N) is 2. The van der Waals surface area contributed by atoms with Gasteiger partial charge in [0, 0.05) is 18.0 Å². The Labute approximate surface area is 147 Å². The number of allylic oxidation sites excluding steroid dienone is 1. The summed E-state index contributed by atoms with van der Waals surface area (Å²) in [4.78, 5) is 9.26. The fourth-order valence-electron chi connectivity index (χ4n) is 3.22. The van der Waals surface area contributed by atoms with Gasteiger partial charge in [0.25, 0.3) is 0 Å². The van der Waals surface area contributed by atoms with Gasteiger partial charge in [-0.15, -0.1) is 0 Å². The van der Waals surface area contributed by atoms with Crippen molar-refractivity contribution < 1.29 is 0 Å². The molecule has 0 aliphatic rings. The zero-order valence-electron chi connectivity index (χ0n) is 15.5. The summed E-state index contributed by atoms with van der Waals surface area (Å²) in [5.41, 5.74) is 5.82. The third-order valence-corrected chi connectivity index (χ3v) is 4.78. The van der Waals surface area contributed by atoms with Crippen LogP contribution in [-0.4, -0.2) is 9.97 Å². The highest BCUT2D eigenvalue weighted by Crippen LogP contribution is 2.28. The Bertz CT molecular complexity index is 673. The molecule has 0 aromatic carbocycles. The number of unbranched alkanes of at least 4 members (excludes halogenated alkanes) is 1. The van der Waals surface area contributed by atoms with Crippen molar-refractivity contribution in [3.05, 3.63) is 53.4 Å². The molecule has 2 aromatic rings. The van der Waals surface area contributed by atoms with Crippen molar-refractivity contribution in [1.29, 1.82) is 0 Å². The second kappa shape index (κ2) is 9.36. The van der Waals surface area contributed by atoms with E-state index in [0.29, 0.717) is 0 Å². The summed E-state index contributed by atoms with van der Waals surface area (Å²) in [5, 5.41) is 0. The maximum absolute atomic E-state index is 4.65. The highest BCUT2D eigenvalue weighted by Gasteiger charge is 2.14. The van der Waals surface area contributed by atoms with Crippen LogP contribution in [0.15, 0.2) is 36.7 Å². The van der Waals surface area contributed by atoms with Gasteiger partial charge in [0.15, 0.2) is 0 Å². The molecule has 1 atom stereocenters. The number of rotatable bonds is 8. The highest BCUT2D eigenvalue weighted by atomic mass is 14.8. The van der Waals surface area contributed by atoms with Gasteiger partial charge in [-0.05, 0) is 49.4 Å². The molecule has 2 heteroatoms. The molecular weight excluding hydrogens is 292 g/mol. The van der Waals surface area contributed by atoms with Crippen molar-refractivity contribution in [1.82, 2.24) is 9.97 Å². The molecule has 2 nitrogen and oxygen atoms in total. The van der Waals surface area contributed by atoms with Gasteiger partial charge in [0.1, 0.15) is 0 Å². The van der Waals surface area contributed by atoms with Gasteiger partial charge < -0.3 is 0 Å². The zero-order valence-corrected chi connectivity index (χ0v) is 15.5. The van der Waals surface area contributed by atoms with E-state index in [-0.39, 0.29) is 0 Å². The molecule has 0 spiro atoms. The van der Waals surface area contributed by atoms with Crippen LogP contribution in [-0.2, 0) is 6.42 Å². The van der Waals surface area contributed by atoms with Crippen LogP contribution in [0, 0.1) is 12.8 Å². The standard InChI is InChI=1S/C22H30N2/c1-5-8-11-18(7-3)16-20-13-15-24-21(17(20)4)22-19(10-6-2)12-9-14-23-22/h6,9-10,12-15,18H,5,7-8,11,16H2,1-4H3/b10-6+. The molecule has 24 heavy (non-hydrogen) atoms. The Morgan fingerprint density at radius 1 is 1.08 bits per heavy atom. The lowest BCUT2D eigenvalue weighted by Crippen LogP contribution is -2.06. The second-order valence-electron chi connectivity index (χ2n) is 6.51. The summed E-state index contributed by atoms with van der Waals surface area (Å²) in [6.07, 6.45) is 14.2. The third kappa shape index (κ3) is 4.53. The summed E-state index contributed by atoms with van der Waals surface area (Å²) in [7, 11) is 0. The quantitative estimate of drug-likeness (QED) is 0.574. The van der Waals surface area contributed by atoms with E-state index in [1.54, 1.807) is 0 Å². The second-order valence-corrected chi connectivity index (χ2v) is 6.51. The largest absolute Gasteiger partial charge is 0.254 e. The smallest absolute Gasteiger partial charge is 0.0961 e. The molecule has 0 aliphatic heterocycles. The fraction of sp³-hybridized carbons (Fsp3) is 0.455. The van der Waals surface area contributed by atoms with E-state index in [4.69, 9.17) is 0 Å². The lowest BCUT2D eigenvalue weighted by Gasteiger charge is -2.17. The first-order valence-electron chi connectivity index (χ1n) is 9.23. The summed E-state index contributed by atoms with van der Waals surface area (Å²) in [5.74, 6) is 0.762. The van der Waals surface area contributed by atoms with Crippen molar-refractivity contribution >= 4 is 6.08 Å². The van der Waals surface area contributed by atoms with Crippen LogP contribution in [0.1, 0.15) is 63.1 Å². The molecule has 0 saturated carbocycles. The molecule has 0 amide bonds. The number of aromatic nitrogens is 2. The van der Waals surface area contributed by atoms with Crippen molar-refractivity contribution in [3.8, 4) is 11.4 Å². The predicted molar refractivity (Wildman–Crippen MR) is 104 cm³/mol. The number of hydrogen-bond acceptors (Lipinski definition) is 2. The van der Waals surface area contributed by atoms with Gasteiger partial charge in [0.05, 0.1) is 11.4 Å². The average molecular weight is 322 g/mol. The van der Waals surface area contributed by atoms with Gasteiger partial charge in [-0.3, -0.25) is 9.97 Å². The van der Waals surface area contributed by atoms with Crippen LogP contribution in [0.5, 0.6) is 0 Å². The minimum Gasteiger partial charge on any atom is -0.254 e. The van der Waals surface area contributed by atoms with E-state index >= 15 is 0 Å². The maximum atomic E-state index is 4.65. The Hall–Kier alpha value is -1.96. The first-order chi connectivity index (χ1) is 11.7. The minimum atomic E-state index is 0.762. The Morgan fingerprint density at radius 3 is 2.58 bits per heavy atom. The summed E-state index contributed by atoms with van der Waals surface area (Å²) in [6.45, 7) is 8.80. The van der Waals surface area contributed by atoms with Gasteiger partial charge in [-0.25, -0.2) is 0 Å².